The maximum absolute atomic E-state index is 2.45. The maximum Gasteiger partial charge on any atom is 0.235 e. The van der Waals surface area contributed by atoms with E-state index in [0.717, 1.165) is 0 Å². The fourth-order valence-electron chi connectivity index (χ4n) is 10.7. The minimum absolute atomic E-state index is 0.188. The Hall–Kier alpha value is -5.01. The fourth-order valence-corrected chi connectivity index (χ4v) is 16.0. The van der Waals surface area contributed by atoms with Crippen LogP contribution in [-0.2, 0) is 0 Å². The summed E-state index contributed by atoms with van der Waals surface area (Å²) >= 11 is 9.46. The minimum Gasteiger partial charge on any atom is -0.135 e. The molecule has 0 aliphatic rings. The summed E-state index contributed by atoms with van der Waals surface area (Å²) in [4.78, 5) is 13.1. The molecule has 0 saturated heterocycles. The molecule has 4 aromatic carbocycles. The quantitative estimate of drug-likeness (QED) is 0.107. The summed E-state index contributed by atoms with van der Waals surface area (Å²) in [7, 11) is 0. The lowest BCUT2D eigenvalue weighted by Gasteiger charge is -2.22. The van der Waals surface area contributed by atoms with Gasteiger partial charge in [-0.3, -0.25) is 0 Å². The molecule has 5 aromatic heterocycles. The van der Waals surface area contributed by atoms with Gasteiger partial charge in [-0.25, -0.2) is 0 Å². The Morgan fingerprint density at radius 3 is 0.687 bits per heavy atom. The predicted octanol–water partition coefficient (Wildman–Crippen LogP) is 16.1. The first kappa shape index (κ1) is 47.1. The molecule has 0 spiro atoms. The highest BCUT2D eigenvalue weighted by atomic mass is 32.1. The zero-order valence-corrected chi connectivity index (χ0v) is 45.0. The Balaban J connectivity index is 0.917. The molecule has 9 aromatic rings. The molecule has 0 N–H and O–H groups in total. The van der Waals surface area contributed by atoms with E-state index in [2.05, 4.69) is 216 Å². The van der Waals surface area contributed by atoms with E-state index in [1.54, 1.807) is 0 Å². The van der Waals surface area contributed by atoms with Crippen molar-refractivity contribution in [3.8, 4) is 39.0 Å². The van der Waals surface area contributed by atoms with E-state index in [-0.39, 0.29) is 13.4 Å². The van der Waals surface area contributed by atoms with E-state index >= 15 is 0 Å². The second-order valence-electron chi connectivity index (χ2n) is 18.8. The summed E-state index contributed by atoms with van der Waals surface area (Å²) in [6.45, 7) is 27.4. The van der Waals surface area contributed by atoms with Gasteiger partial charge in [0.05, 0.1) is 0 Å². The van der Waals surface area contributed by atoms with Gasteiger partial charge >= 0.3 is 0 Å². The number of thiophene rings is 5. The molecule has 0 aliphatic carbocycles. The minimum atomic E-state index is 0.188. The zero-order chi connectivity index (χ0) is 47.3. The molecule has 7 heteroatoms. The van der Waals surface area contributed by atoms with Crippen LogP contribution >= 0.6 is 56.7 Å². The van der Waals surface area contributed by atoms with Crippen molar-refractivity contribution in [2.45, 2.75) is 83.1 Å². The number of hydrogen-bond acceptors (Lipinski definition) is 5. The van der Waals surface area contributed by atoms with Crippen molar-refractivity contribution in [2.24, 2.45) is 0 Å². The van der Waals surface area contributed by atoms with E-state index in [9.17, 15) is 0 Å². The third-order valence-corrected chi connectivity index (χ3v) is 19.3. The van der Waals surface area contributed by atoms with Gasteiger partial charge in [-0.15, -0.1) is 68.6 Å². The molecular formula is C60H58B2S5. The SMILES string of the molecule is Cc1cc(C)c(B(/C=C/c2ccc(-c3ccc(-c4ccc(-c5ccc(-c6ccc(/C=C/B(c7c(C)cc(C)cc7C)c7c(C)cc(C)cc7C)s6)s5)s4)s3)s2)c2c(C)cc(C)cc2C)c(C)c1. The molecule has 0 saturated carbocycles. The molecule has 9 rings (SSSR count). The van der Waals surface area contributed by atoms with Crippen molar-refractivity contribution >= 4 is 104 Å². The molecule has 0 nitrogen and oxygen atoms in total. The van der Waals surface area contributed by atoms with Gasteiger partial charge in [0.25, 0.3) is 0 Å². The Morgan fingerprint density at radius 1 is 0.269 bits per heavy atom. The highest BCUT2D eigenvalue weighted by molar-refractivity contribution is 7.29. The molecule has 0 fully saturated rings. The van der Waals surface area contributed by atoms with Crippen LogP contribution in [0.1, 0.15) is 76.5 Å². The molecular weight excluding hydrogens is 903 g/mol. The van der Waals surface area contributed by atoms with Crippen LogP contribution in [0.4, 0.5) is 0 Å². The largest absolute Gasteiger partial charge is 0.235 e. The van der Waals surface area contributed by atoms with Crippen LogP contribution < -0.4 is 21.9 Å². The Labute approximate surface area is 420 Å². The number of hydrogen-bond donors (Lipinski definition) is 0. The summed E-state index contributed by atoms with van der Waals surface area (Å²) in [5.74, 6) is 4.89. The van der Waals surface area contributed by atoms with E-state index in [1.165, 1.54) is 137 Å². The summed E-state index contributed by atoms with van der Waals surface area (Å²) in [6.07, 6.45) is 4.72. The summed E-state index contributed by atoms with van der Waals surface area (Å²) < 4.78 is 0. The molecule has 0 amide bonds. The van der Waals surface area contributed by atoms with Crippen LogP contribution in [0.25, 0.3) is 51.2 Å². The number of aryl methyl sites for hydroxylation is 12. The zero-order valence-electron chi connectivity index (χ0n) is 40.9. The predicted molar refractivity (Wildman–Crippen MR) is 308 cm³/mol. The molecule has 0 unspecified atom stereocenters. The molecule has 0 aliphatic heterocycles. The van der Waals surface area contributed by atoms with Crippen LogP contribution in [-0.4, -0.2) is 13.4 Å². The molecule has 0 bridgehead atoms. The van der Waals surface area contributed by atoms with Crippen LogP contribution in [0, 0.1) is 83.1 Å². The van der Waals surface area contributed by atoms with Crippen LogP contribution in [0.3, 0.4) is 0 Å². The topological polar surface area (TPSA) is 0 Å². The number of rotatable bonds is 12. The molecule has 334 valence electrons. The average molecular weight is 961 g/mol. The first-order valence-electron chi connectivity index (χ1n) is 23.3. The lowest BCUT2D eigenvalue weighted by Crippen LogP contribution is -2.46. The maximum atomic E-state index is 2.45. The average Bonchev–Trinajstić information content (AvgIpc) is 4.10. The van der Waals surface area contributed by atoms with E-state index in [4.69, 9.17) is 0 Å². The van der Waals surface area contributed by atoms with E-state index in [1.807, 2.05) is 56.7 Å². The van der Waals surface area contributed by atoms with Gasteiger partial charge in [0.15, 0.2) is 0 Å². The van der Waals surface area contributed by atoms with Crippen LogP contribution in [0.2, 0.25) is 0 Å². The highest BCUT2D eigenvalue weighted by Crippen LogP contribution is 2.45. The molecule has 0 radical (unpaired) electrons. The third-order valence-electron chi connectivity index (χ3n) is 13.1. The Bertz CT molecular complexity index is 2930. The highest BCUT2D eigenvalue weighted by Gasteiger charge is 2.26. The van der Waals surface area contributed by atoms with Gasteiger partial charge in [0.2, 0.25) is 13.4 Å². The van der Waals surface area contributed by atoms with Crippen LogP contribution in [0.5, 0.6) is 0 Å². The fraction of sp³-hybridized carbons (Fsp3) is 0.200. The normalized spacial score (nSPS) is 11.8. The van der Waals surface area contributed by atoms with Gasteiger partial charge in [-0.2, -0.15) is 0 Å². The van der Waals surface area contributed by atoms with Crippen LogP contribution in [0.15, 0.2) is 121 Å². The van der Waals surface area contributed by atoms with Crippen molar-refractivity contribution in [1.82, 2.24) is 0 Å². The van der Waals surface area contributed by atoms with Crippen molar-refractivity contribution < 1.29 is 0 Å². The lowest BCUT2D eigenvalue weighted by molar-refractivity contribution is 1.34. The van der Waals surface area contributed by atoms with Gasteiger partial charge in [0.1, 0.15) is 0 Å². The lowest BCUT2D eigenvalue weighted by atomic mass is 9.37. The van der Waals surface area contributed by atoms with Crippen molar-refractivity contribution in [1.29, 1.82) is 0 Å². The monoisotopic (exact) mass is 960 g/mol. The Morgan fingerprint density at radius 2 is 0.463 bits per heavy atom. The first-order chi connectivity index (χ1) is 32.1. The molecule has 67 heavy (non-hydrogen) atoms. The van der Waals surface area contributed by atoms with E-state index in [0.29, 0.717) is 0 Å². The van der Waals surface area contributed by atoms with E-state index < -0.39 is 0 Å². The Kier molecular flexibility index (Phi) is 13.7. The number of benzene rings is 4. The summed E-state index contributed by atoms with van der Waals surface area (Å²) in [5, 5.41) is 0. The third kappa shape index (κ3) is 9.96. The first-order valence-corrected chi connectivity index (χ1v) is 27.4. The second-order valence-corrected chi connectivity index (χ2v) is 24.3. The van der Waals surface area contributed by atoms with Crippen molar-refractivity contribution in [2.75, 3.05) is 0 Å². The summed E-state index contributed by atoms with van der Waals surface area (Å²) in [6, 6.07) is 41.7. The smallest absolute Gasteiger partial charge is 0.135 e. The van der Waals surface area contributed by atoms with Crippen molar-refractivity contribution in [3.63, 3.8) is 0 Å². The van der Waals surface area contributed by atoms with Gasteiger partial charge < -0.3 is 0 Å². The molecule has 5 heterocycles. The van der Waals surface area contributed by atoms with Gasteiger partial charge in [-0.05, 0) is 144 Å². The molecule has 0 atom stereocenters. The summed E-state index contributed by atoms with van der Waals surface area (Å²) in [5.41, 5.74) is 21.8. The van der Waals surface area contributed by atoms with Gasteiger partial charge in [0, 0.05) is 48.8 Å². The standard InChI is InChI=1S/C60H58B2S5/c1-35-27-39(5)57(40(6)28-35)61(58-41(7)29-36(2)30-42(58)8)25-23-47-13-15-49(63-47)51-17-19-53(65-51)55-21-22-56(67-55)54-20-18-52(66-54)50-16-14-48(64-50)24-26-62(59-43(9)31-37(3)32-44(59)10)60-45(11)33-38(4)34-46(60)12/h13-34H,1-12H3/b25-23+,26-24+. The van der Waals surface area contributed by atoms with Crippen molar-refractivity contribution in [3.05, 3.63) is 198 Å². The second kappa shape index (κ2) is 19.5. The van der Waals surface area contributed by atoms with Gasteiger partial charge in [-0.1, -0.05) is 149 Å².